The van der Waals surface area contributed by atoms with Gasteiger partial charge in [-0.3, -0.25) is 4.90 Å². The average Bonchev–Trinajstić information content (AvgIpc) is 2.27. The van der Waals surface area contributed by atoms with Gasteiger partial charge in [0.1, 0.15) is 0 Å². The van der Waals surface area contributed by atoms with Crippen LogP contribution < -0.4 is 0 Å². The summed E-state index contributed by atoms with van der Waals surface area (Å²) in [5, 5.41) is 0. The summed E-state index contributed by atoms with van der Waals surface area (Å²) in [6.07, 6.45) is 1.20. The molecule has 1 aliphatic rings. The van der Waals surface area contributed by atoms with Crippen molar-refractivity contribution in [3.63, 3.8) is 0 Å². The Morgan fingerprint density at radius 3 is 2.62 bits per heavy atom. The van der Waals surface area contributed by atoms with Gasteiger partial charge in [-0.15, -0.1) is 0 Å². The maximum atomic E-state index is 5.71. The lowest BCUT2D eigenvalue weighted by Gasteiger charge is -2.43. The minimum Gasteiger partial charge on any atom is -0.380 e. The van der Waals surface area contributed by atoms with Crippen molar-refractivity contribution < 1.29 is 9.47 Å². The van der Waals surface area contributed by atoms with Gasteiger partial charge in [0.15, 0.2) is 0 Å². The number of nitrogens with zero attached hydrogens (tertiary/aromatic N) is 1. The van der Waals surface area contributed by atoms with Crippen molar-refractivity contribution in [1.29, 1.82) is 0 Å². The quantitative estimate of drug-likeness (QED) is 0.696. The molecule has 0 aromatic rings. The zero-order valence-corrected chi connectivity index (χ0v) is 11.2. The van der Waals surface area contributed by atoms with Crippen LogP contribution in [0.5, 0.6) is 0 Å². The zero-order chi connectivity index (χ0) is 12.0. The van der Waals surface area contributed by atoms with E-state index in [-0.39, 0.29) is 0 Å². The van der Waals surface area contributed by atoms with E-state index in [4.69, 9.17) is 9.47 Å². The first-order chi connectivity index (χ1) is 7.70. The maximum Gasteiger partial charge on any atom is 0.0645 e. The molecule has 0 spiro atoms. The minimum atomic E-state index is 0.445. The summed E-state index contributed by atoms with van der Waals surface area (Å²) in [6.45, 7) is 13.3. The molecule has 0 N–H and O–H groups in total. The van der Waals surface area contributed by atoms with Gasteiger partial charge in [-0.25, -0.2) is 0 Å². The molecule has 0 aromatic heterocycles. The van der Waals surface area contributed by atoms with Gasteiger partial charge < -0.3 is 9.47 Å². The van der Waals surface area contributed by atoms with E-state index in [2.05, 4.69) is 25.7 Å². The Morgan fingerprint density at radius 2 is 2.06 bits per heavy atom. The summed E-state index contributed by atoms with van der Waals surface area (Å²) in [6, 6.07) is 1.00. The van der Waals surface area contributed by atoms with Crippen molar-refractivity contribution in [2.45, 2.75) is 46.2 Å². The second-order valence-corrected chi connectivity index (χ2v) is 4.90. The Bertz CT molecular complexity index is 185. The van der Waals surface area contributed by atoms with Crippen molar-refractivity contribution in [3.05, 3.63) is 0 Å². The monoisotopic (exact) mass is 229 g/mol. The summed E-state index contributed by atoms with van der Waals surface area (Å²) >= 11 is 0. The lowest BCUT2D eigenvalue weighted by molar-refractivity contribution is -0.0868. The van der Waals surface area contributed by atoms with E-state index < -0.39 is 0 Å². The van der Waals surface area contributed by atoms with E-state index in [9.17, 15) is 0 Å². The van der Waals surface area contributed by atoms with Crippen molar-refractivity contribution in [2.75, 3.05) is 33.0 Å². The van der Waals surface area contributed by atoms with Gasteiger partial charge in [-0.2, -0.15) is 0 Å². The predicted octanol–water partition coefficient (Wildman–Crippen LogP) is 2.16. The lowest BCUT2D eigenvalue weighted by atomic mass is 9.99. The fourth-order valence-electron chi connectivity index (χ4n) is 2.37. The van der Waals surface area contributed by atoms with Crippen LogP contribution in [0, 0.1) is 5.92 Å². The predicted molar refractivity (Wildman–Crippen MR) is 66.7 cm³/mol. The number of hydrogen-bond acceptors (Lipinski definition) is 3. The van der Waals surface area contributed by atoms with Crippen molar-refractivity contribution in [3.8, 4) is 0 Å². The largest absolute Gasteiger partial charge is 0.380 e. The molecule has 0 amide bonds. The van der Waals surface area contributed by atoms with Crippen LogP contribution in [-0.2, 0) is 9.47 Å². The van der Waals surface area contributed by atoms with Crippen LogP contribution in [0.1, 0.15) is 34.1 Å². The second-order valence-electron chi connectivity index (χ2n) is 4.90. The summed E-state index contributed by atoms with van der Waals surface area (Å²) in [7, 11) is 0. The fourth-order valence-corrected chi connectivity index (χ4v) is 2.37. The van der Waals surface area contributed by atoms with E-state index in [0.717, 1.165) is 33.0 Å². The Kier molecular flexibility index (Phi) is 6.32. The standard InChI is InChI=1S/C13H27NO2/c1-5-7-14-12(8-15-6-2)9-16-10-13(14)11(3)4/h11-13H,5-10H2,1-4H3. The molecule has 3 nitrogen and oxygen atoms in total. The number of rotatable bonds is 6. The van der Waals surface area contributed by atoms with Gasteiger partial charge >= 0.3 is 0 Å². The minimum absolute atomic E-state index is 0.445. The SMILES string of the molecule is CCCN1C(COCC)COCC1C(C)C. The van der Waals surface area contributed by atoms with Crippen LogP contribution in [0.2, 0.25) is 0 Å². The van der Waals surface area contributed by atoms with Crippen LogP contribution in [0.3, 0.4) is 0 Å². The second kappa shape index (κ2) is 7.25. The van der Waals surface area contributed by atoms with Gasteiger partial charge in [0.05, 0.1) is 25.9 Å². The highest BCUT2D eigenvalue weighted by atomic mass is 16.5. The van der Waals surface area contributed by atoms with Crippen LogP contribution in [0.4, 0.5) is 0 Å². The smallest absolute Gasteiger partial charge is 0.0645 e. The van der Waals surface area contributed by atoms with E-state index in [0.29, 0.717) is 18.0 Å². The summed E-state index contributed by atoms with van der Waals surface area (Å²) in [4.78, 5) is 2.59. The van der Waals surface area contributed by atoms with Gasteiger partial charge in [0.25, 0.3) is 0 Å². The molecule has 96 valence electrons. The zero-order valence-electron chi connectivity index (χ0n) is 11.2. The van der Waals surface area contributed by atoms with Crippen LogP contribution in [0.25, 0.3) is 0 Å². The summed E-state index contributed by atoms with van der Waals surface area (Å²) in [5.41, 5.74) is 0. The molecule has 0 bridgehead atoms. The molecule has 1 saturated heterocycles. The highest BCUT2D eigenvalue weighted by molar-refractivity contribution is 4.84. The number of ether oxygens (including phenoxy) is 2. The molecule has 1 aliphatic heterocycles. The first kappa shape index (κ1) is 13.9. The Morgan fingerprint density at radius 1 is 1.31 bits per heavy atom. The number of morpholine rings is 1. The van der Waals surface area contributed by atoms with E-state index in [1.165, 1.54) is 6.42 Å². The Hall–Kier alpha value is -0.120. The maximum absolute atomic E-state index is 5.71. The molecule has 0 radical (unpaired) electrons. The summed E-state index contributed by atoms with van der Waals surface area (Å²) in [5.74, 6) is 0.649. The van der Waals surface area contributed by atoms with Crippen molar-refractivity contribution in [1.82, 2.24) is 4.90 Å². The first-order valence-corrected chi connectivity index (χ1v) is 6.61. The molecule has 0 aliphatic carbocycles. The Balaban J connectivity index is 2.58. The van der Waals surface area contributed by atoms with E-state index in [1.54, 1.807) is 0 Å². The Labute approximate surface area is 100 Å². The van der Waals surface area contributed by atoms with Gasteiger partial charge in [0.2, 0.25) is 0 Å². The van der Waals surface area contributed by atoms with E-state index >= 15 is 0 Å². The van der Waals surface area contributed by atoms with Crippen molar-refractivity contribution >= 4 is 0 Å². The summed E-state index contributed by atoms with van der Waals surface area (Å²) < 4.78 is 11.3. The number of hydrogen-bond donors (Lipinski definition) is 0. The van der Waals surface area contributed by atoms with Crippen LogP contribution in [0.15, 0.2) is 0 Å². The van der Waals surface area contributed by atoms with Crippen molar-refractivity contribution in [2.24, 2.45) is 5.92 Å². The third kappa shape index (κ3) is 3.72. The molecule has 2 atom stereocenters. The van der Waals surface area contributed by atoms with Gasteiger partial charge in [-0.1, -0.05) is 20.8 Å². The normalized spacial score (nSPS) is 27.6. The molecule has 16 heavy (non-hydrogen) atoms. The third-order valence-corrected chi connectivity index (χ3v) is 3.26. The fraction of sp³-hybridized carbons (Fsp3) is 1.00. The molecular formula is C13H27NO2. The molecule has 2 unspecified atom stereocenters. The van der Waals surface area contributed by atoms with E-state index in [1.807, 2.05) is 6.92 Å². The third-order valence-electron chi connectivity index (χ3n) is 3.26. The lowest BCUT2D eigenvalue weighted by Crippen LogP contribution is -2.56. The van der Waals surface area contributed by atoms with Gasteiger partial charge in [-0.05, 0) is 25.8 Å². The van der Waals surface area contributed by atoms with Crippen LogP contribution in [-0.4, -0.2) is 50.0 Å². The molecule has 3 heteroatoms. The molecular weight excluding hydrogens is 202 g/mol. The van der Waals surface area contributed by atoms with Crippen LogP contribution >= 0.6 is 0 Å². The van der Waals surface area contributed by atoms with Gasteiger partial charge in [0, 0.05) is 12.6 Å². The molecule has 1 heterocycles. The molecule has 0 saturated carbocycles. The average molecular weight is 229 g/mol. The molecule has 0 aromatic carbocycles. The first-order valence-electron chi connectivity index (χ1n) is 6.61. The highest BCUT2D eigenvalue weighted by Crippen LogP contribution is 2.20. The highest BCUT2D eigenvalue weighted by Gasteiger charge is 2.32. The molecule has 1 rings (SSSR count). The topological polar surface area (TPSA) is 21.7 Å². The molecule has 1 fully saturated rings.